The van der Waals surface area contributed by atoms with Crippen molar-refractivity contribution in [2.45, 2.75) is 39.7 Å². The second-order valence-electron chi connectivity index (χ2n) is 9.90. The zero-order valence-corrected chi connectivity index (χ0v) is 22.1. The van der Waals surface area contributed by atoms with Crippen LogP contribution in [0.2, 0.25) is 19.6 Å². The summed E-state index contributed by atoms with van der Waals surface area (Å²) in [5, 5.41) is 15.4. The number of anilines is 1. The zero-order chi connectivity index (χ0) is 24.7. The molecule has 2 aromatic carbocycles. The number of thiazole rings is 1. The molecule has 0 unspecified atom stereocenters. The molecule has 35 heavy (non-hydrogen) atoms. The first-order valence-electron chi connectivity index (χ1n) is 11.6. The summed E-state index contributed by atoms with van der Waals surface area (Å²) >= 11 is 1.35. The number of amides is 1. The average Bonchev–Trinajstić information content (AvgIpc) is 3.39. The van der Waals surface area contributed by atoms with Gasteiger partial charge in [0.15, 0.2) is 0 Å². The molecule has 3 heterocycles. The maximum atomic E-state index is 13.5. The van der Waals surface area contributed by atoms with Gasteiger partial charge in [0.05, 0.1) is 26.6 Å². The van der Waals surface area contributed by atoms with Gasteiger partial charge in [0, 0.05) is 17.4 Å². The molecule has 0 spiro atoms. The Morgan fingerprint density at radius 2 is 1.94 bits per heavy atom. The van der Waals surface area contributed by atoms with Crippen molar-refractivity contribution in [2.75, 3.05) is 5.32 Å². The molecule has 3 aromatic heterocycles. The number of rotatable bonds is 6. The van der Waals surface area contributed by atoms with E-state index in [4.69, 9.17) is 0 Å². The van der Waals surface area contributed by atoms with Crippen LogP contribution in [0.3, 0.4) is 0 Å². The highest BCUT2D eigenvalue weighted by molar-refractivity contribution is 7.18. The first kappa shape index (κ1) is 23.4. The van der Waals surface area contributed by atoms with E-state index in [1.54, 1.807) is 12.3 Å². The molecule has 0 aliphatic carbocycles. The second-order valence-corrected chi connectivity index (χ2v) is 16.0. The molecule has 0 fully saturated rings. The monoisotopic (exact) mass is 500 g/mol. The van der Waals surface area contributed by atoms with Gasteiger partial charge in [0.25, 0.3) is 5.91 Å². The van der Waals surface area contributed by atoms with Gasteiger partial charge in [-0.1, -0.05) is 78.1 Å². The Kier molecular flexibility index (Phi) is 6.04. The van der Waals surface area contributed by atoms with E-state index in [9.17, 15) is 9.90 Å². The molecule has 8 heteroatoms. The maximum absolute atomic E-state index is 13.5. The van der Waals surface area contributed by atoms with Crippen LogP contribution >= 0.6 is 11.3 Å². The van der Waals surface area contributed by atoms with E-state index in [-0.39, 0.29) is 12.5 Å². The summed E-state index contributed by atoms with van der Waals surface area (Å²) in [7, 11) is -1.53. The van der Waals surface area contributed by atoms with Gasteiger partial charge in [-0.15, -0.1) is 0 Å². The normalized spacial score (nSPS) is 11.9. The highest BCUT2D eigenvalue weighted by atomic mass is 32.1. The SMILES string of the molecule is Cc1cccc(Cn2c(C(=O)Nc3cnc4sc(CO)nc4c3)cc3ccc([Si](C)(C)C)cc32)c1. The standard InChI is InChI=1S/C27H28N4O2SSi/c1-17-6-5-7-18(10-17)15-31-23-13-21(35(2,3)4)9-8-19(23)11-24(31)26(33)29-20-12-22-27(28-14-20)34-25(16-32)30-22/h5-14,32H,15-16H2,1-4H3,(H,29,33). The van der Waals surface area contributed by atoms with Crippen LogP contribution in [-0.4, -0.2) is 33.6 Å². The van der Waals surface area contributed by atoms with Gasteiger partial charge in [-0.25, -0.2) is 9.97 Å². The average molecular weight is 501 g/mol. The summed E-state index contributed by atoms with van der Waals surface area (Å²) in [4.78, 5) is 23.0. The molecule has 2 N–H and O–H groups in total. The number of carbonyl (C=O) groups excluding carboxylic acids is 1. The number of nitrogens with zero attached hydrogens (tertiary/aromatic N) is 3. The van der Waals surface area contributed by atoms with Crippen molar-refractivity contribution < 1.29 is 9.90 Å². The lowest BCUT2D eigenvalue weighted by Gasteiger charge is -2.18. The Labute approximate surface area is 209 Å². The molecule has 178 valence electrons. The van der Waals surface area contributed by atoms with Crippen LogP contribution in [0.1, 0.15) is 26.6 Å². The Balaban J connectivity index is 1.56. The molecule has 0 aliphatic rings. The molecular weight excluding hydrogens is 472 g/mol. The van der Waals surface area contributed by atoms with Crippen LogP contribution in [0, 0.1) is 6.92 Å². The number of aliphatic hydroxyl groups is 1. The van der Waals surface area contributed by atoms with Gasteiger partial charge in [-0.05, 0) is 30.7 Å². The molecule has 5 aromatic rings. The number of aryl methyl sites for hydroxylation is 1. The number of hydrogen-bond acceptors (Lipinski definition) is 5. The van der Waals surface area contributed by atoms with Gasteiger partial charge in [-0.2, -0.15) is 0 Å². The Hall–Kier alpha value is -3.33. The summed E-state index contributed by atoms with van der Waals surface area (Å²) in [5.74, 6) is -0.192. The third-order valence-electron chi connectivity index (χ3n) is 6.11. The van der Waals surface area contributed by atoms with Crippen molar-refractivity contribution in [2.24, 2.45) is 0 Å². The predicted octanol–water partition coefficient (Wildman–Crippen LogP) is 5.29. The first-order valence-corrected chi connectivity index (χ1v) is 15.9. The van der Waals surface area contributed by atoms with Crippen molar-refractivity contribution in [3.63, 3.8) is 0 Å². The summed E-state index contributed by atoms with van der Waals surface area (Å²) in [6.07, 6.45) is 1.64. The first-order chi connectivity index (χ1) is 16.7. The number of aromatic nitrogens is 3. The topological polar surface area (TPSA) is 80.0 Å². The van der Waals surface area contributed by atoms with E-state index < -0.39 is 8.07 Å². The summed E-state index contributed by atoms with van der Waals surface area (Å²) in [6, 6.07) is 18.7. The number of carbonyl (C=O) groups is 1. The minimum absolute atomic E-state index is 0.124. The van der Waals surface area contributed by atoms with E-state index in [0.29, 0.717) is 28.5 Å². The third kappa shape index (κ3) is 4.77. The van der Waals surface area contributed by atoms with E-state index in [1.165, 1.54) is 22.1 Å². The van der Waals surface area contributed by atoms with E-state index in [1.807, 2.05) is 6.07 Å². The van der Waals surface area contributed by atoms with Crippen LogP contribution in [0.25, 0.3) is 21.3 Å². The minimum Gasteiger partial charge on any atom is -0.389 e. The predicted molar refractivity (Wildman–Crippen MR) is 146 cm³/mol. The lowest BCUT2D eigenvalue weighted by atomic mass is 10.1. The maximum Gasteiger partial charge on any atom is 0.272 e. The Morgan fingerprint density at radius 1 is 1.11 bits per heavy atom. The van der Waals surface area contributed by atoms with Gasteiger partial charge >= 0.3 is 0 Å². The van der Waals surface area contributed by atoms with Crippen LogP contribution in [0.5, 0.6) is 0 Å². The Morgan fingerprint density at radius 3 is 2.69 bits per heavy atom. The number of nitrogens with one attached hydrogen (secondary N) is 1. The highest BCUT2D eigenvalue weighted by Crippen LogP contribution is 2.25. The number of aliphatic hydroxyl groups excluding tert-OH is 1. The number of hydrogen-bond donors (Lipinski definition) is 2. The molecule has 0 radical (unpaired) electrons. The molecule has 5 rings (SSSR count). The largest absolute Gasteiger partial charge is 0.389 e. The lowest BCUT2D eigenvalue weighted by molar-refractivity contribution is 0.101. The van der Waals surface area contributed by atoms with E-state index >= 15 is 0 Å². The number of fused-ring (bicyclic) bond motifs is 2. The highest BCUT2D eigenvalue weighted by Gasteiger charge is 2.21. The zero-order valence-electron chi connectivity index (χ0n) is 20.3. The molecular formula is C27H28N4O2SSi. The smallest absolute Gasteiger partial charge is 0.272 e. The molecule has 0 bridgehead atoms. The molecule has 1 amide bonds. The minimum atomic E-state index is -1.53. The summed E-state index contributed by atoms with van der Waals surface area (Å²) in [6.45, 7) is 9.56. The van der Waals surface area contributed by atoms with Crippen LogP contribution in [-0.2, 0) is 13.2 Å². The lowest BCUT2D eigenvalue weighted by Crippen LogP contribution is -2.37. The second kappa shape index (κ2) is 9.03. The van der Waals surface area contributed by atoms with Crippen LogP contribution in [0.15, 0.2) is 60.8 Å². The molecule has 0 atom stereocenters. The molecule has 0 saturated carbocycles. The molecule has 6 nitrogen and oxygen atoms in total. The van der Waals surface area contributed by atoms with Crippen molar-refractivity contribution in [1.82, 2.24) is 14.5 Å². The van der Waals surface area contributed by atoms with E-state index in [2.05, 4.69) is 88.9 Å². The van der Waals surface area contributed by atoms with Crippen molar-refractivity contribution in [3.05, 3.63) is 82.6 Å². The number of benzene rings is 2. The van der Waals surface area contributed by atoms with Gasteiger partial charge in [0.1, 0.15) is 21.0 Å². The Bertz CT molecular complexity index is 1570. The molecule has 0 saturated heterocycles. The summed E-state index contributed by atoms with van der Waals surface area (Å²) in [5.41, 5.74) is 5.25. The fourth-order valence-electron chi connectivity index (χ4n) is 4.27. The van der Waals surface area contributed by atoms with Crippen LogP contribution in [0.4, 0.5) is 5.69 Å². The van der Waals surface area contributed by atoms with Crippen molar-refractivity contribution >= 4 is 57.4 Å². The quantitative estimate of drug-likeness (QED) is 0.310. The van der Waals surface area contributed by atoms with Crippen LogP contribution < -0.4 is 10.5 Å². The van der Waals surface area contributed by atoms with Gasteiger partial charge in [-0.3, -0.25) is 4.79 Å². The third-order valence-corrected chi connectivity index (χ3v) is 9.12. The van der Waals surface area contributed by atoms with E-state index in [0.717, 1.165) is 21.3 Å². The summed E-state index contributed by atoms with van der Waals surface area (Å²) < 4.78 is 2.11. The van der Waals surface area contributed by atoms with Crippen molar-refractivity contribution in [3.8, 4) is 0 Å². The van der Waals surface area contributed by atoms with Crippen molar-refractivity contribution in [1.29, 1.82) is 0 Å². The van der Waals surface area contributed by atoms with Gasteiger partial charge < -0.3 is 15.0 Å². The fourth-order valence-corrected chi connectivity index (χ4v) is 6.17. The van der Waals surface area contributed by atoms with Gasteiger partial charge in [0.2, 0.25) is 0 Å². The fraction of sp³-hybridized carbons (Fsp3) is 0.222. The number of pyridine rings is 1. The molecule has 0 aliphatic heterocycles.